The standard InChI is InChI=1S/C27H21N5O2/c1-16-7-8-22(28-12-16)18-9-19(25-21-5-3-4-6-23(21)32-27(25)34)11-20(10-18)26(33)31-15-24-29-13-17(2)14-30-24/h3-14H,15H2,1-2H3,(H,31,33). The topological polar surface area (TPSA) is 97.2 Å². The van der Waals surface area contributed by atoms with Crippen LogP contribution in [0, 0.1) is 13.8 Å². The molecule has 0 saturated heterocycles. The number of rotatable bonds is 5. The van der Waals surface area contributed by atoms with Gasteiger partial charge in [0.1, 0.15) is 5.82 Å². The van der Waals surface area contributed by atoms with Crippen molar-refractivity contribution in [1.82, 2.24) is 20.3 Å². The molecule has 2 aromatic heterocycles. The van der Waals surface area contributed by atoms with E-state index in [9.17, 15) is 9.59 Å². The maximum absolute atomic E-state index is 13.1. The minimum absolute atomic E-state index is 0.190. The number of benzene rings is 2. The number of nitrogens with zero attached hydrogens (tertiary/aromatic N) is 4. The highest BCUT2D eigenvalue weighted by Gasteiger charge is 2.21. The summed E-state index contributed by atoms with van der Waals surface area (Å²) in [6.07, 6.45) is 5.19. The molecule has 4 aromatic rings. The number of pyridine rings is 1. The van der Waals surface area contributed by atoms with Gasteiger partial charge in [0.25, 0.3) is 11.8 Å². The summed E-state index contributed by atoms with van der Waals surface area (Å²) >= 11 is 0. The molecule has 7 nitrogen and oxygen atoms in total. The largest absolute Gasteiger partial charge is 0.345 e. The predicted molar refractivity (Wildman–Crippen MR) is 127 cm³/mol. The number of nitrogens with one attached hydrogen (secondary N) is 1. The lowest BCUT2D eigenvalue weighted by molar-refractivity contribution is -0.112. The predicted octanol–water partition coefficient (Wildman–Crippen LogP) is 2.44. The number of amides is 2. The molecule has 5 rings (SSSR count). The van der Waals surface area contributed by atoms with Crippen molar-refractivity contribution in [3.8, 4) is 11.3 Å². The summed E-state index contributed by atoms with van der Waals surface area (Å²) in [5.41, 5.74) is 4.92. The van der Waals surface area contributed by atoms with Crippen molar-refractivity contribution in [3.63, 3.8) is 0 Å². The first kappa shape index (κ1) is 21.3. The molecule has 7 heteroatoms. The van der Waals surface area contributed by atoms with Crippen molar-refractivity contribution in [3.05, 3.63) is 112 Å². The molecule has 0 fully saturated rings. The van der Waals surface area contributed by atoms with Crippen LogP contribution >= 0.6 is 0 Å². The molecule has 3 heterocycles. The van der Waals surface area contributed by atoms with Crippen LogP contribution in [0.3, 0.4) is 0 Å². The molecule has 1 N–H and O–H groups in total. The van der Waals surface area contributed by atoms with Gasteiger partial charge in [0, 0.05) is 34.9 Å². The molecular formula is C27H21N5O2. The highest BCUT2D eigenvalue weighted by molar-refractivity contribution is 6.21. The fourth-order valence-electron chi connectivity index (χ4n) is 3.80. The normalized spacial score (nSPS) is 12.3. The third-order valence-corrected chi connectivity index (χ3v) is 5.54. The van der Waals surface area contributed by atoms with Crippen LogP contribution in [-0.4, -0.2) is 26.8 Å². The smallest absolute Gasteiger partial charge is 0.278 e. The second-order valence-electron chi connectivity index (χ2n) is 8.19. The molecule has 1 aliphatic rings. The van der Waals surface area contributed by atoms with Gasteiger partial charge in [0.2, 0.25) is 0 Å². The Labute approximate surface area is 196 Å². The zero-order valence-electron chi connectivity index (χ0n) is 18.7. The number of para-hydroxylation sites is 1. The van der Waals surface area contributed by atoms with Crippen molar-refractivity contribution >= 4 is 17.4 Å². The third-order valence-electron chi connectivity index (χ3n) is 5.54. The Kier molecular flexibility index (Phi) is 5.51. The van der Waals surface area contributed by atoms with Crippen LogP contribution in [-0.2, 0) is 11.3 Å². The van der Waals surface area contributed by atoms with Gasteiger partial charge in [-0.25, -0.2) is 15.0 Å². The minimum Gasteiger partial charge on any atom is -0.345 e. The Morgan fingerprint density at radius 3 is 2.35 bits per heavy atom. The lowest BCUT2D eigenvalue weighted by atomic mass is 9.96. The molecule has 0 unspecified atom stereocenters. The molecule has 0 spiro atoms. The molecule has 1 aliphatic heterocycles. The third kappa shape index (κ3) is 4.23. The summed E-state index contributed by atoms with van der Waals surface area (Å²) in [7, 11) is 0. The molecule has 2 aromatic carbocycles. The second-order valence-corrected chi connectivity index (χ2v) is 8.19. The quantitative estimate of drug-likeness (QED) is 0.507. The van der Waals surface area contributed by atoms with E-state index in [2.05, 4.69) is 25.3 Å². The first-order chi connectivity index (χ1) is 16.5. The average Bonchev–Trinajstić information content (AvgIpc) is 3.19. The molecule has 34 heavy (non-hydrogen) atoms. The van der Waals surface area contributed by atoms with Gasteiger partial charge in [-0.05, 0) is 60.9 Å². The molecule has 0 bridgehead atoms. The van der Waals surface area contributed by atoms with E-state index in [1.165, 1.54) is 0 Å². The van der Waals surface area contributed by atoms with Gasteiger partial charge in [-0.2, -0.15) is 0 Å². The first-order valence-corrected chi connectivity index (χ1v) is 10.8. The minimum atomic E-state index is -0.324. The van der Waals surface area contributed by atoms with Crippen molar-refractivity contribution in [2.75, 3.05) is 0 Å². The maximum atomic E-state index is 13.1. The zero-order chi connectivity index (χ0) is 23.7. The van der Waals surface area contributed by atoms with Crippen LogP contribution < -0.4 is 15.9 Å². The van der Waals surface area contributed by atoms with Gasteiger partial charge >= 0.3 is 0 Å². The Bertz CT molecular complexity index is 1540. The number of fused-ring (bicyclic) bond motifs is 1. The average molecular weight is 447 g/mol. The fourth-order valence-corrected chi connectivity index (χ4v) is 3.80. The van der Waals surface area contributed by atoms with E-state index in [1.54, 1.807) is 36.8 Å². The van der Waals surface area contributed by atoms with Crippen molar-refractivity contribution < 1.29 is 9.59 Å². The van der Waals surface area contributed by atoms with E-state index >= 15 is 0 Å². The van der Waals surface area contributed by atoms with Crippen LogP contribution in [0.1, 0.15) is 32.9 Å². The SMILES string of the molecule is Cc1ccc(-c2cc(C(=O)NCc3ncc(C)cn3)cc(C3=c4ccccc4=NC3=O)c2)nc1. The molecule has 0 saturated carbocycles. The van der Waals surface area contributed by atoms with E-state index in [1.807, 2.05) is 50.2 Å². The number of carbonyl (C=O) groups is 2. The number of aromatic nitrogens is 3. The van der Waals surface area contributed by atoms with E-state index < -0.39 is 0 Å². The summed E-state index contributed by atoms with van der Waals surface area (Å²) in [6, 6.07) is 16.6. The highest BCUT2D eigenvalue weighted by atomic mass is 16.2. The lowest BCUT2D eigenvalue weighted by Crippen LogP contribution is -2.25. The van der Waals surface area contributed by atoms with Gasteiger partial charge < -0.3 is 5.32 Å². The first-order valence-electron chi connectivity index (χ1n) is 10.8. The van der Waals surface area contributed by atoms with Crippen molar-refractivity contribution in [1.29, 1.82) is 0 Å². The van der Waals surface area contributed by atoms with Gasteiger partial charge in [-0.3, -0.25) is 14.6 Å². The number of hydrogen-bond acceptors (Lipinski definition) is 5. The summed E-state index contributed by atoms with van der Waals surface area (Å²) in [5.74, 6) is -0.103. The fraction of sp³-hybridized carbons (Fsp3) is 0.111. The summed E-state index contributed by atoms with van der Waals surface area (Å²) in [4.78, 5) is 43.1. The summed E-state index contributed by atoms with van der Waals surface area (Å²) in [6.45, 7) is 4.06. The van der Waals surface area contributed by atoms with Crippen molar-refractivity contribution in [2.45, 2.75) is 20.4 Å². The van der Waals surface area contributed by atoms with E-state index in [-0.39, 0.29) is 18.4 Å². The van der Waals surface area contributed by atoms with Gasteiger partial charge in [-0.1, -0.05) is 24.3 Å². The van der Waals surface area contributed by atoms with E-state index in [0.717, 1.165) is 21.9 Å². The summed E-state index contributed by atoms with van der Waals surface area (Å²) in [5, 5.41) is 4.25. The Hall–Kier alpha value is -4.52. The highest BCUT2D eigenvalue weighted by Crippen LogP contribution is 2.25. The van der Waals surface area contributed by atoms with Crippen LogP contribution in [0.15, 0.2) is 78.2 Å². The van der Waals surface area contributed by atoms with Gasteiger partial charge in [0.05, 0.1) is 23.2 Å². The van der Waals surface area contributed by atoms with Gasteiger partial charge in [0.15, 0.2) is 0 Å². The molecule has 0 aliphatic carbocycles. The van der Waals surface area contributed by atoms with E-state index in [0.29, 0.717) is 33.6 Å². The number of hydrogen-bond donors (Lipinski definition) is 1. The zero-order valence-corrected chi connectivity index (χ0v) is 18.7. The lowest BCUT2D eigenvalue weighted by Gasteiger charge is -2.11. The van der Waals surface area contributed by atoms with Gasteiger partial charge in [-0.15, -0.1) is 0 Å². The second kappa shape index (κ2) is 8.78. The molecule has 2 amide bonds. The molecular weight excluding hydrogens is 426 g/mol. The summed E-state index contributed by atoms with van der Waals surface area (Å²) < 4.78 is 0. The van der Waals surface area contributed by atoms with Crippen LogP contribution in [0.25, 0.3) is 16.8 Å². The van der Waals surface area contributed by atoms with Crippen molar-refractivity contribution in [2.24, 2.45) is 4.99 Å². The molecule has 0 atom stereocenters. The molecule has 166 valence electrons. The maximum Gasteiger partial charge on any atom is 0.278 e. The van der Waals surface area contributed by atoms with Crippen LogP contribution in [0.2, 0.25) is 0 Å². The van der Waals surface area contributed by atoms with E-state index in [4.69, 9.17) is 0 Å². The molecule has 0 radical (unpaired) electrons. The Morgan fingerprint density at radius 2 is 1.59 bits per heavy atom. The number of carbonyl (C=O) groups excluding carboxylic acids is 2. The monoisotopic (exact) mass is 447 g/mol. The van der Waals surface area contributed by atoms with Crippen LogP contribution in [0.4, 0.5) is 0 Å². The van der Waals surface area contributed by atoms with Crippen LogP contribution in [0.5, 0.6) is 0 Å². The Balaban J connectivity index is 1.58. The number of aryl methyl sites for hydroxylation is 2. The Morgan fingerprint density at radius 1 is 0.853 bits per heavy atom.